The van der Waals surface area contributed by atoms with Gasteiger partial charge < -0.3 is 10.2 Å². The summed E-state index contributed by atoms with van der Waals surface area (Å²) in [7, 11) is 0. The fourth-order valence-corrected chi connectivity index (χ4v) is 2.59. The molecule has 2 atom stereocenters. The summed E-state index contributed by atoms with van der Waals surface area (Å²) in [5.74, 6) is 1.02. The van der Waals surface area contributed by atoms with Gasteiger partial charge in [-0.15, -0.1) is 0 Å². The van der Waals surface area contributed by atoms with E-state index in [1.165, 1.54) is 0 Å². The van der Waals surface area contributed by atoms with Crippen LogP contribution in [0.5, 0.6) is 0 Å². The highest BCUT2D eigenvalue weighted by Crippen LogP contribution is 2.34. The Morgan fingerprint density at radius 1 is 1.41 bits per heavy atom. The molecule has 1 saturated heterocycles. The fraction of sp³-hybridized carbons (Fsp3) is 0.846. The Morgan fingerprint density at radius 3 is 2.71 bits per heavy atom. The van der Waals surface area contributed by atoms with E-state index in [4.69, 9.17) is 0 Å². The van der Waals surface area contributed by atoms with Gasteiger partial charge in [-0.1, -0.05) is 20.3 Å². The van der Waals surface area contributed by atoms with Crippen molar-refractivity contribution in [1.82, 2.24) is 10.2 Å². The number of carbonyl (C=O) groups is 2. The second-order valence-electron chi connectivity index (χ2n) is 5.50. The van der Waals surface area contributed by atoms with Gasteiger partial charge in [0.25, 0.3) is 0 Å². The van der Waals surface area contributed by atoms with Crippen LogP contribution in [0.1, 0.15) is 39.5 Å². The molecule has 0 aromatic heterocycles. The topological polar surface area (TPSA) is 49.4 Å². The van der Waals surface area contributed by atoms with E-state index < -0.39 is 0 Å². The third-order valence-corrected chi connectivity index (χ3v) is 3.64. The molecule has 1 heterocycles. The van der Waals surface area contributed by atoms with Gasteiger partial charge in [-0.2, -0.15) is 0 Å². The monoisotopic (exact) mass is 238 g/mol. The van der Waals surface area contributed by atoms with Gasteiger partial charge >= 0.3 is 0 Å². The Morgan fingerprint density at radius 2 is 2.12 bits per heavy atom. The molecule has 1 aliphatic heterocycles. The van der Waals surface area contributed by atoms with Crippen molar-refractivity contribution in [2.75, 3.05) is 13.1 Å². The largest absolute Gasteiger partial charge is 0.342 e. The minimum atomic E-state index is -0.231. The minimum Gasteiger partial charge on any atom is -0.342 e. The molecule has 0 aromatic carbocycles. The van der Waals surface area contributed by atoms with Crippen LogP contribution in [0.15, 0.2) is 0 Å². The fourth-order valence-electron chi connectivity index (χ4n) is 2.59. The lowest BCUT2D eigenvalue weighted by Gasteiger charge is -2.34. The van der Waals surface area contributed by atoms with Gasteiger partial charge in [0, 0.05) is 6.54 Å². The van der Waals surface area contributed by atoms with Gasteiger partial charge in [-0.3, -0.25) is 9.59 Å². The number of nitrogens with zero attached hydrogens (tertiary/aromatic N) is 1. The molecule has 2 unspecified atom stereocenters. The number of rotatable bonds is 5. The highest BCUT2D eigenvalue weighted by Gasteiger charge is 2.42. The number of carbonyl (C=O) groups excluding carboxylic acids is 2. The Hall–Kier alpha value is -1.06. The van der Waals surface area contributed by atoms with Gasteiger partial charge in [0.2, 0.25) is 11.8 Å². The van der Waals surface area contributed by atoms with Crippen molar-refractivity contribution in [3.8, 4) is 0 Å². The van der Waals surface area contributed by atoms with Crippen molar-refractivity contribution in [3.63, 3.8) is 0 Å². The predicted molar refractivity (Wildman–Crippen MR) is 65.3 cm³/mol. The highest BCUT2D eigenvalue weighted by molar-refractivity contribution is 5.95. The third kappa shape index (κ3) is 2.99. The van der Waals surface area contributed by atoms with Crippen LogP contribution in [0, 0.1) is 11.8 Å². The molecule has 1 saturated carbocycles. The lowest BCUT2D eigenvalue weighted by atomic mass is 10.0. The van der Waals surface area contributed by atoms with E-state index in [0.29, 0.717) is 11.8 Å². The van der Waals surface area contributed by atoms with E-state index in [9.17, 15) is 9.59 Å². The van der Waals surface area contributed by atoms with Crippen LogP contribution in [0.3, 0.4) is 0 Å². The molecule has 1 N–H and O–H groups in total. The second-order valence-corrected chi connectivity index (χ2v) is 5.50. The molecule has 96 valence electrons. The molecular formula is C13H22N2O2. The number of amides is 2. The molecule has 2 amide bonds. The van der Waals surface area contributed by atoms with Gasteiger partial charge in [0.15, 0.2) is 0 Å². The summed E-state index contributed by atoms with van der Waals surface area (Å²) in [6.45, 7) is 5.27. The highest BCUT2D eigenvalue weighted by atomic mass is 16.2. The minimum absolute atomic E-state index is 0.00481. The van der Waals surface area contributed by atoms with Gasteiger partial charge in [-0.05, 0) is 31.1 Å². The molecular weight excluding hydrogens is 216 g/mol. The summed E-state index contributed by atoms with van der Waals surface area (Å²) in [5.41, 5.74) is 0. The molecule has 2 aliphatic rings. The number of hydrogen-bond donors (Lipinski definition) is 1. The number of hydrogen-bond acceptors (Lipinski definition) is 2. The van der Waals surface area contributed by atoms with Gasteiger partial charge in [0.05, 0.1) is 6.54 Å². The van der Waals surface area contributed by atoms with Crippen LogP contribution >= 0.6 is 0 Å². The van der Waals surface area contributed by atoms with Crippen LogP contribution in [0.4, 0.5) is 0 Å². The maximum atomic E-state index is 12.2. The summed E-state index contributed by atoms with van der Waals surface area (Å²) >= 11 is 0. The number of nitrogens with one attached hydrogen (secondary N) is 1. The second kappa shape index (κ2) is 5.07. The molecule has 0 aromatic rings. The third-order valence-electron chi connectivity index (χ3n) is 3.64. The Labute approximate surface area is 103 Å². The first kappa shape index (κ1) is 12.4. The van der Waals surface area contributed by atoms with Crippen molar-refractivity contribution < 1.29 is 9.59 Å². The summed E-state index contributed by atoms with van der Waals surface area (Å²) in [6.07, 6.45) is 4.39. The number of piperazine rings is 1. The maximum absolute atomic E-state index is 12.2. The van der Waals surface area contributed by atoms with E-state index in [1.807, 2.05) is 0 Å². The molecule has 1 aliphatic carbocycles. The first-order valence-electron chi connectivity index (χ1n) is 6.70. The molecule has 0 radical (unpaired) electrons. The van der Waals surface area contributed by atoms with Gasteiger partial charge in [0.1, 0.15) is 6.04 Å². The average Bonchev–Trinajstić information content (AvgIpc) is 3.07. The van der Waals surface area contributed by atoms with Crippen molar-refractivity contribution >= 4 is 11.8 Å². The standard InChI is InChI=1S/C13H22N2O2/c1-3-4-9(2)7-15-8-11(16)14-12(13(15)17)10-5-6-10/h9-10,12H,3-8H2,1-2H3,(H,14,16). The summed E-state index contributed by atoms with van der Waals surface area (Å²) < 4.78 is 0. The SMILES string of the molecule is CCCC(C)CN1CC(=O)NC(C2CC2)C1=O. The molecule has 17 heavy (non-hydrogen) atoms. The van der Waals surface area contributed by atoms with Crippen LogP contribution in [-0.2, 0) is 9.59 Å². The Kier molecular flexibility index (Phi) is 3.69. The predicted octanol–water partition coefficient (Wildman–Crippen LogP) is 1.16. The zero-order valence-corrected chi connectivity index (χ0v) is 10.7. The quantitative estimate of drug-likeness (QED) is 0.781. The zero-order chi connectivity index (χ0) is 12.4. The zero-order valence-electron chi connectivity index (χ0n) is 10.7. The van der Waals surface area contributed by atoms with E-state index in [0.717, 1.165) is 32.2 Å². The van der Waals surface area contributed by atoms with E-state index in [-0.39, 0.29) is 24.4 Å². The normalized spacial score (nSPS) is 26.9. The average molecular weight is 238 g/mol. The lowest BCUT2D eigenvalue weighted by Crippen LogP contribution is -2.59. The van der Waals surface area contributed by atoms with Crippen LogP contribution in [0.25, 0.3) is 0 Å². The first-order chi connectivity index (χ1) is 8.11. The Balaban J connectivity index is 1.95. The van der Waals surface area contributed by atoms with Crippen molar-refractivity contribution in [2.24, 2.45) is 11.8 Å². The first-order valence-corrected chi connectivity index (χ1v) is 6.70. The van der Waals surface area contributed by atoms with Gasteiger partial charge in [-0.25, -0.2) is 0 Å². The van der Waals surface area contributed by atoms with E-state index >= 15 is 0 Å². The summed E-state index contributed by atoms with van der Waals surface area (Å²) in [5, 5.41) is 2.83. The smallest absolute Gasteiger partial charge is 0.245 e. The van der Waals surface area contributed by atoms with Crippen molar-refractivity contribution in [3.05, 3.63) is 0 Å². The van der Waals surface area contributed by atoms with Crippen molar-refractivity contribution in [1.29, 1.82) is 0 Å². The van der Waals surface area contributed by atoms with Crippen LogP contribution in [-0.4, -0.2) is 35.8 Å². The summed E-state index contributed by atoms with van der Waals surface area (Å²) in [4.78, 5) is 25.6. The Bertz CT molecular complexity index is 313. The molecule has 4 heteroatoms. The molecule has 0 bridgehead atoms. The summed E-state index contributed by atoms with van der Waals surface area (Å²) in [6, 6.07) is -0.231. The van der Waals surface area contributed by atoms with E-state index in [1.54, 1.807) is 4.90 Å². The molecule has 2 fully saturated rings. The van der Waals surface area contributed by atoms with E-state index in [2.05, 4.69) is 19.2 Å². The van der Waals surface area contributed by atoms with Crippen LogP contribution in [0.2, 0.25) is 0 Å². The molecule has 4 nitrogen and oxygen atoms in total. The van der Waals surface area contributed by atoms with Crippen molar-refractivity contribution in [2.45, 2.75) is 45.6 Å². The maximum Gasteiger partial charge on any atom is 0.245 e. The lowest BCUT2D eigenvalue weighted by molar-refractivity contribution is -0.145. The van der Waals surface area contributed by atoms with Crippen LogP contribution < -0.4 is 5.32 Å². The molecule has 0 spiro atoms. The molecule has 2 rings (SSSR count).